The topological polar surface area (TPSA) is 3.01 Å². The van der Waals surface area contributed by atoms with Crippen LogP contribution in [0.15, 0.2) is 30.3 Å². The Hall–Kier alpha value is -1.32. The highest BCUT2D eigenvalue weighted by Crippen LogP contribution is 2.19. The smallest absolute Gasteiger partial charge is 0.139 e. The molecule has 0 bridgehead atoms. The van der Waals surface area contributed by atoms with Crippen LogP contribution in [0.3, 0.4) is 0 Å². The first-order valence-electron chi connectivity index (χ1n) is 5.12. The fourth-order valence-corrected chi connectivity index (χ4v) is 1.37. The van der Waals surface area contributed by atoms with E-state index < -0.39 is 6.30 Å². The molecule has 0 radical (unpaired) electrons. The molecule has 16 heavy (non-hydrogen) atoms. The average Bonchev–Trinajstić information content (AvgIpc) is 2.16. The summed E-state index contributed by atoms with van der Waals surface area (Å²) in [6.45, 7) is 3.32. The van der Waals surface area contributed by atoms with Gasteiger partial charge in [-0.05, 0) is 0 Å². The summed E-state index contributed by atoms with van der Waals surface area (Å²) < 4.78 is 38.4. The second-order valence-corrected chi connectivity index (χ2v) is 3.97. The lowest BCUT2D eigenvalue weighted by Gasteiger charge is -2.07. The lowest BCUT2D eigenvalue weighted by molar-refractivity contribution is -0.721. The van der Waals surface area contributed by atoms with Crippen LogP contribution in [0.5, 0.6) is 0 Å². The SMILES string of the molecule is CC(C)/C=[N+](/Cc1ccccc1)C(F)(F)F. The van der Waals surface area contributed by atoms with Gasteiger partial charge >= 0.3 is 6.30 Å². The maximum Gasteiger partial charge on any atom is 0.632 e. The second-order valence-electron chi connectivity index (χ2n) is 3.97. The van der Waals surface area contributed by atoms with Crippen molar-refractivity contribution in [2.24, 2.45) is 5.92 Å². The summed E-state index contributed by atoms with van der Waals surface area (Å²) in [5.41, 5.74) is 0.650. The lowest BCUT2D eigenvalue weighted by Crippen LogP contribution is -2.30. The molecule has 0 amide bonds. The van der Waals surface area contributed by atoms with Gasteiger partial charge in [0.25, 0.3) is 0 Å². The van der Waals surface area contributed by atoms with Crippen LogP contribution in [-0.2, 0) is 6.54 Å². The van der Waals surface area contributed by atoms with Gasteiger partial charge in [-0.3, -0.25) is 0 Å². The first-order valence-corrected chi connectivity index (χ1v) is 5.12. The van der Waals surface area contributed by atoms with Crippen molar-refractivity contribution in [3.63, 3.8) is 0 Å². The minimum Gasteiger partial charge on any atom is -0.139 e. The fourth-order valence-electron chi connectivity index (χ4n) is 1.37. The lowest BCUT2D eigenvalue weighted by atomic mass is 10.2. The van der Waals surface area contributed by atoms with Crippen molar-refractivity contribution >= 4 is 6.21 Å². The van der Waals surface area contributed by atoms with E-state index in [0.717, 1.165) is 0 Å². The van der Waals surface area contributed by atoms with Crippen LogP contribution < -0.4 is 0 Å². The van der Waals surface area contributed by atoms with Gasteiger partial charge < -0.3 is 0 Å². The van der Waals surface area contributed by atoms with Gasteiger partial charge in [-0.1, -0.05) is 44.2 Å². The summed E-state index contributed by atoms with van der Waals surface area (Å²) in [6, 6.07) is 8.63. The van der Waals surface area contributed by atoms with Crippen LogP contribution in [0.4, 0.5) is 13.2 Å². The highest BCUT2D eigenvalue weighted by molar-refractivity contribution is 5.53. The molecule has 1 nitrogen and oxygen atoms in total. The third-order valence-electron chi connectivity index (χ3n) is 2.00. The van der Waals surface area contributed by atoms with E-state index in [9.17, 15) is 13.2 Å². The molecular weight excluding hydrogens is 215 g/mol. The Kier molecular flexibility index (Phi) is 4.10. The monoisotopic (exact) mass is 230 g/mol. The van der Waals surface area contributed by atoms with Crippen LogP contribution in [0.25, 0.3) is 0 Å². The number of hydrogen-bond acceptors (Lipinski definition) is 0. The van der Waals surface area contributed by atoms with E-state index in [-0.39, 0.29) is 12.5 Å². The predicted octanol–water partition coefficient (Wildman–Crippen LogP) is 3.45. The van der Waals surface area contributed by atoms with Crippen LogP contribution in [0, 0.1) is 5.92 Å². The van der Waals surface area contributed by atoms with Gasteiger partial charge in [0, 0.05) is 11.5 Å². The Morgan fingerprint density at radius 2 is 1.75 bits per heavy atom. The quantitative estimate of drug-likeness (QED) is 0.425. The van der Waals surface area contributed by atoms with Gasteiger partial charge in [0.1, 0.15) is 0 Å². The van der Waals surface area contributed by atoms with Gasteiger partial charge in [0.2, 0.25) is 0 Å². The Morgan fingerprint density at radius 3 is 2.19 bits per heavy atom. The van der Waals surface area contributed by atoms with Gasteiger partial charge in [-0.25, -0.2) is 0 Å². The maximum absolute atomic E-state index is 12.7. The molecule has 0 atom stereocenters. The zero-order chi connectivity index (χ0) is 12.2. The molecule has 0 aromatic heterocycles. The number of hydrogen-bond donors (Lipinski definition) is 0. The van der Waals surface area contributed by atoms with Crippen molar-refractivity contribution in [1.29, 1.82) is 0 Å². The van der Waals surface area contributed by atoms with Crippen molar-refractivity contribution in [3.8, 4) is 0 Å². The molecule has 0 saturated carbocycles. The average molecular weight is 230 g/mol. The first kappa shape index (κ1) is 12.7. The zero-order valence-electron chi connectivity index (χ0n) is 9.33. The van der Waals surface area contributed by atoms with Gasteiger partial charge in [-0.15, -0.1) is 17.7 Å². The number of benzene rings is 1. The summed E-state index contributed by atoms with van der Waals surface area (Å²) in [5.74, 6) is -0.134. The Bertz CT molecular complexity index is 352. The molecule has 0 aliphatic rings. The van der Waals surface area contributed by atoms with E-state index >= 15 is 0 Å². The Balaban J connectivity index is 2.89. The molecule has 0 spiro atoms. The van der Waals surface area contributed by atoms with Crippen molar-refractivity contribution in [1.82, 2.24) is 0 Å². The van der Waals surface area contributed by atoms with Crippen molar-refractivity contribution in [3.05, 3.63) is 35.9 Å². The van der Waals surface area contributed by atoms with E-state index in [1.807, 2.05) is 0 Å². The summed E-state index contributed by atoms with van der Waals surface area (Å²) in [6.07, 6.45) is -3.12. The Morgan fingerprint density at radius 1 is 1.19 bits per heavy atom. The minimum absolute atomic E-state index is 0.134. The minimum atomic E-state index is -4.32. The molecule has 4 heteroatoms. The second kappa shape index (κ2) is 5.14. The fraction of sp³-hybridized carbons (Fsp3) is 0.417. The summed E-state index contributed by atoms with van der Waals surface area (Å²) >= 11 is 0. The standard InChI is InChI=1S/C12H15F3N/c1-10(2)8-16(12(13,14)15)9-11-6-4-3-5-7-11/h3-8,10H,9H2,1-2H3/q+1/b16-8-. The highest BCUT2D eigenvalue weighted by Gasteiger charge is 2.43. The molecule has 1 aromatic carbocycles. The van der Waals surface area contributed by atoms with Crippen LogP contribution >= 0.6 is 0 Å². The molecule has 1 rings (SSSR count). The summed E-state index contributed by atoms with van der Waals surface area (Å²) in [5, 5.41) is 0. The van der Waals surface area contributed by atoms with E-state index in [4.69, 9.17) is 0 Å². The predicted molar refractivity (Wildman–Crippen MR) is 57.4 cm³/mol. The number of nitrogens with zero attached hydrogens (tertiary/aromatic N) is 1. The number of halogens is 3. The van der Waals surface area contributed by atoms with E-state index in [1.54, 1.807) is 44.2 Å². The largest absolute Gasteiger partial charge is 0.632 e. The maximum atomic E-state index is 12.7. The van der Waals surface area contributed by atoms with Crippen molar-refractivity contribution in [2.75, 3.05) is 0 Å². The van der Waals surface area contributed by atoms with Crippen LogP contribution in [-0.4, -0.2) is 17.1 Å². The molecule has 0 fully saturated rings. The molecule has 1 aromatic rings. The number of alkyl halides is 3. The summed E-state index contributed by atoms with van der Waals surface area (Å²) in [4.78, 5) is 0. The molecule has 0 unspecified atom stereocenters. The first-order chi connectivity index (χ1) is 7.39. The molecule has 0 aliphatic heterocycles. The molecule has 0 N–H and O–H groups in total. The zero-order valence-corrected chi connectivity index (χ0v) is 9.33. The Labute approximate surface area is 93.2 Å². The van der Waals surface area contributed by atoms with Gasteiger partial charge in [-0.2, -0.15) is 0 Å². The normalized spacial score (nSPS) is 13.2. The molecule has 88 valence electrons. The summed E-state index contributed by atoms with van der Waals surface area (Å²) in [7, 11) is 0. The molecule has 0 heterocycles. The third-order valence-corrected chi connectivity index (χ3v) is 2.00. The third kappa shape index (κ3) is 4.04. The van der Waals surface area contributed by atoms with Gasteiger partial charge in [0.15, 0.2) is 12.8 Å². The van der Waals surface area contributed by atoms with E-state index in [1.165, 1.54) is 6.21 Å². The van der Waals surface area contributed by atoms with Crippen LogP contribution in [0.2, 0.25) is 0 Å². The van der Waals surface area contributed by atoms with Crippen molar-refractivity contribution < 1.29 is 17.7 Å². The van der Waals surface area contributed by atoms with Crippen LogP contribution in [0.1, 0.15) is 19.4 Å². The molecule has 0 aliphatic carbocycles. The van der Waals surface area contributed by atoms with Gasteiger partial charge in [0.05, 0.1) is 0 Å². The molecule has 0 saturated heterocycles. The van der Waals surface area contributed by atoms with E-state index in [0.29, 0.717) is 10.1 Å². The van der Waals surface area contributed by atoms with E-state index in [2.05, 4.69) is 0 Å². The highest BCUT2D eigenvalue weighted by atomic mass is 19.4. The van der Waals surface area contributed by atoms with Crippen molar-refractivity contribution in [2.45, 2.75) is 26.7 Å². The number of rotatable bonds is 3. The molecular formula is C12H15F3N+.